The van der Waals surface area contributed by atoms with Gasteiger partial charge in [-0.05, 0) is 43.9 Å². The summed E-state index contributed by atoms with van der Waals surface area (Å²) in [6.07, 6.45) is 3.26. The first-order valence-electron chi connectivity index (χ1n) is 11.0. The van der Waals surface area contributed by atoms with Gasteiger partial charge in [0.15, 0.2) is 0 Å². The summed E-state index contributed by atoms with van der Waals surface area (Å²) < 4.78 is 4.80. The predicted octanol–water partition coefficient (Wildman–Crippen LogP) is 2.27. The third-order valence-corrected chi connectivity index (χ3v) is 6.40. The van der Waals surface area contributed by atoms with Crippen molar-refractivity contribution in [1.29, 1.82) is 0 Å². The highest BCUT2D eigenvalue weighted by atomic mass is 16.5. The number of carbonyl (C=O) groups excluding carboxylic acids is 3. The minimum Gasteiger partial charge on any atom is -0.465 e. The molecule has 2 saturated heterocycles. The van der Waals surface area contributed by atoms with Crippen molar-refractivity contribution in [1.82, 2.24) is 14.7 Å². The third-order valence-electron chi connectivity index (χ3n) is 6.40. The van der Waals surface area contributed by atoms with Crippen LogP contribution in [-0.4, -0.2) is 85.4 Å². The Morgan fingerprint density at radius 1 is 0.933 bits per heavy atom. The first kappa shape index (κ1) is 22.3. The average molecular weight is 416 g/mol. The fourth-order valence-electron chi connectivity index (χ4n) is 4.35. The van der Waals surface area contributed by atoms with Gasteiger partial charge in [0.1, 0.15) is 0 Å². The van der Waals surface area contributed by atoms with Crippen LogP contribution in [0.15, 0.2) is 24.3 Å². The molecule has 7 nitrogen and oxygen atoms in total. The van der Waals surface area contributed by atoms with E-state index >= 15 is 0 Å². The molecule has 2 fully saturated rings. The molecule has 1 aromatic rings. The van der Waals surface area contributed by atoms with E-state index in [1.165, 1.54) is 7.11 Å². The maximum absolute atomic E-state index is 12.9. The molecule has 2 amide bonds. The zero-order valence-corrected chi connectivity index (χ0v) is 18.1. The van der Waals surface area contributed by atoms with E-state index in [0.29, 0.717) is 36.6 Å². The lowest BCUT2D eigenvalue weighted by Crippen LogP contribution is -2.48. The van der Waals surface area contributed by atoms with Crippen molar-refractivity contribution >= 4 is 17.8 Å². The molecule has 164 valence electrons. The van der Waals surface area contributed by atoms with Gasteiger partial charge in [-0.2, -0.15) is 0 Å². The zero-order chi connectivity index (χ0) is 21.5. The van der Waals surface area contributed by atoms with E-state index < -0.39 is 5.97 Å². The lowest BCUT2D eigenvalue weighted by Gasteiger charge is -2.35. The van der Waals surface area contributed by atoms with Gasteiger partial charge in [-0.3, -0.25) is 9.59 Å². The van der Waals surface area contributed by atoms with Crippen LogP contribution in [0.25, 0.3) is 0 Å². The molecule has 7 heteroatoms. The number of amides is 2. The Hall–Kier alpha value is -2.41. The number of likely N-dealkylation sites (N-methyl/N-ethyl adjacent to an activating group) is 1. The van der Waals surface area contributed by atoms with E-state index in [9.17, 15) is 14.4 Å². The SMILES string of the molecule is CCN1CCN(C(=O)CCC2CCN(C(=O)c3ccccc3C(=O)OC)CC2)CC1. The Labute approximate surface area is 179 Å². The normalized spacial score (nSPS) is 18.3. The van der Waals surface area contributed by atoms with Crippen LogP contribution < -0.4 is 0 Å². The molecule has 2 aliphatic rings. The largest absolute Gasteiger partial charge is 0.465 e. The number of likely N-dealkylation sites (tertiary alicyclic amines) is 1. The quantitative estimate of drug-likeness (QED) is 0.667. The predicted molar refractivity (Wildman–Crippen MR) is 114 cm³/mol. The Bertz CT molecular complexity index is 751. The number of piperazine rings is 1. The van der Waals surface area contributed by atoms with Gasteiger partial charge in [-0.15, -0.1) is 0 Å². The topological polar surface area (TPSA) is 70.2 Å². The van der Waals surface area contributed by atoms with Crippen LogP contribution in [0.2, 0.25) is 0 Å². The smallest absolute Gasteiger partial charge is 0.338 e. The van der Waals surface area contributed by atoms with Gasteiger partial charge in [0.2, 0.25) is 5.91 Å². The number of methoxy groups -OCH3 is 1. The molecule has 0 N–H and O–H groups in total. The highest BCUT2D eigenvalue weighted by Crippen LogP contribution is 2.24. The molecule has 30 heavy (non-hydrogen) atoms. The number of hydrogen-bond donors (Lipinski definition) is 0. The second-order valence-electron chi connectivity index (χ2n) is 8.13. The Kier molecular flexibility index (Phi) is 7.85. The van der Waals surface area contributed by atoms with Crippen LogP contribution in [0.3, 0.4) is 0 Å². The highest BCUT2D eigenvalue weighted by Gasteiger charge is 2.27. The lowest BCUT2D eigenvalue weighted by molar-refractivity contribution is -0.133. The first-order chi connectivity index (χ1) is 14.5. The van der Waals surface area contributed by atoms with Gasteiger partial charge in [-0.25, -0.2) is 4.79 Å². The Balaban J connectivity index is 1.46. The van der Waals surface area contributed by atoms with E-state index in [4.69, 9.17) is 4.74 Å². The molecule has 2 aliphatic heterocycles. The molecular formula is C23H33N3O4. The zero-order valence-electron chi connectivity index (χ0n) is 18.1. The van der Waals surface area contributed by atoms with Gasteiger partial charge in [0.05, 0.1) is 18.2 Å². The van der Waals surface area contributed by atoms with Crippen LogP contribution in [0.5, 0.6) is 0 Å². The van der Waals surface area contributed by atoms with E-state index in [-0.39, 0.29) is 11.8 Å². The molecule has 0 aliphatic carbocycles. The maximum Gasteiger partial charge on any atom is 0.338 e. The number of piperidine rings is 1. The van der Waals surface area contributed by atoms with Crippen LogP contribution in [0, 0.1) is 5.92 Å². The van der Waals surface area contributed by atoms with Crippen molar-refractivity contribution in [2.75, 3.05) is 52.9 Å². The maximum atomic E-state index is 12.9. The molecule has 1 aromatic carbocycles. The molecule has 2 heterocycles. The average Bonchev–Trinajstić information content (AvgIpc) is 2.82. The second-order valence-corrected chi connectivity index (χ2v) is 8.13. The van der Waals surface area contributed by atoms with Crippen molar-refractivity contribution in [3.05, 3.63) is 35.4 Å². The summed E-state index contributed by atoms with van der Waals surface area (Å²) in [5.41, 5.74) is 0.699. The Morgan fingerprint density at radius 2 is 1.57 bits per heavy atom. The summed E-state index contributed by atoms with van der Waals surface area (Å²) in [6, 6.07) is 6.79. The third kappa shape index (κ3) is 5.39. The number of ether oxygens (including phenoxy) is 1. The van der Waals surface area contributed by atoms with E-state index in [2.05, 4.69) is 11.8 Å². The molecule has 0 spiro atoms. The first-order valence-corrected chi connectivity index (χ1v) is 11.0. The monoisotopic (exact) mass is 415 g/mol. The standard InChI is InChI=1S/C23H33N3O4/c1-3-24-14-16-25(17-15-24)21(27)9-8-18-10-12-26(13-11-18)22(28)19-6-4-5-7-20(19)23(29)30-2/h4-7,18H,3,8-17H2,1-2H3. The van der Waals surface area contributed by atoms with Crippen molar-refractivity contribution < 1.29 is 19.1 Å². The minimum atomic E-state index is -0.493. The van der Waals surface area contributed by atoms with Crippen molar-refractivity contribution in [2.45, 2.75) is 32.6 Å². The number of esters is 1. The molecular weight excluding hydrogens is 382 g/mol. The molecule has 0 unspecified atom stereocenters. The Morgan fingerprint density at radius 3 is 2.17 bits per heavy atom. The number of carbonyl (C=O) groups is 3. The number of benzene rings is 1. The van der Waals surface area contributed by atoms with E-state index in [0.717, 1.165) is 52.0 Å². The van der Waals surface area contributed by atoms with Gasteiger partial charge in [0, 0.05) is 45.7 Å². The van der Waals surface area contributed by atoms with Gasteiger partial charge in [0.25, 0.3) is 5.91 Å². The summed E-state index contributed by atoms with van der Waals surface area (Å²) in [5.74, 6) is 0.105. The van der Waals surface area contributed by atoms with E-state index in [1.807, 2.05) is 9.80 Å². The number of hydrogen-bond acceptors (Lipinski definition) is 5. The van der Waals surface area contributed by atoms with Crippen LogP contribution in [-0.2, 0) is 9.53 Å². The minimum absolute atomic E-state index is 0.126. The summed E-state index contributed by atoms with van der Waals surface area (Å²) in [4.78, 5) is 43.6. The molecule has 0 bridgehead atoms. The molecule has 3 rings (SSSR count). The number of rotatable bonds is 6. The van der Waals surface area contributed by atoms with Crippen molar-refractivity contribution in [3.63, 3.8) is 0 Å². The molecule has 0 radical (unpaired) electrons. The summed E-state index contributed by atoms with van der Waals surface area (Å²) in [7, 11) is 1.32. The lowest BCUT2D eigenvalue weighted by atomic mass is 9.91. The highest BCUT2D eigenvalue weighted by molar-refractivity contribution is 6.05. The second kappa shape index (κ2) is 10.6. The fraction of sp³-hybridized carbons (Fsp3) is 0.609. The van der Waals surface area contributed by atoms with E-state index in [1.54, 1.807) is 24.3 Å². The summed E-state index contributed by atoms with van der Waals surface area (Å²) in [5, 5.41) is 0. The van der Waals surface area contributed by atoms with Crippen LogP contribution in [0.4, 0.5) is 0 Å². The summed E-state index contributed by atoms with van der Waals surface area (Å²) >= 11 is 0. The van der Waals surface area contributed by atoms with Crippen molar-refractivity contribution in [3.8, 4) is 0 Å². The van der Waals surface area contributed by atoms with Crippen LogP contribution >= 0.6 is 0 Å². The molecule has 0 aromatic heterocycles. The molecule has 0 atom stereocenters. The van der Waals surface area contributed by atoms with Crippen molar-refractivity contribution in [2.24, 2.45) is 5.92 Å². The van der Waals surface area contributed by atoms with Crippen LogP contribution in [0.1, 0.15) is 53.3 Å². The summed E-state index contributed by atoms with van der Waals surface area (Å²) in [6.45, 7) is 8.11. The molecule has 0 saturated carbocycles. The fourth-order valence-corrected chi connectivity index (χ4v) is 4.35. The van der Waals surface area contributed by atoms with Gasteiger partial charge >= 0.3 is 5.97 Å². The number of nitrogens with zero attached hydrogens (tertiary/aromatic N) is 3. The van der Waals surface area contributed by atoms with Gasteiger partial charge < -0.3 is 19.4 Å². The van der Waals surface area contributed by atoms with Gasteiger partial charge in [-0.1, -0.05) is 19.1 Å².